The SMILES string of the molecule is CCN(CC)CCOc1cc(NC(=O)CC(C)(C)c2ccccc2)ccc1OC. The Balaban J connectivity index is 2.02. The van der Waals surface area contributed by atoms with Gasteiger partial charge < -0.3 is 19.7 Å². The summed E-state index contributed by atoms with van der Waals surface area (Å²) in [5, 5.41) is 3.00. The van der Waals surface area contributed by atoms with Gasteiger partial charge in [-0.25, -0.2) is 0 Å². The molecule has 0 atom stereocenters. The number of hydrogen-bond acceptors (Lipinski definition) is 4. The van der Waals surface area contributed by atoms with Crippen LogP contribution in [0.2, 0.25) is 0 Å². The second kappa shape index (κ2) is 10.9. The number of methoxy groups -OCH3 is 1. The van der Waals surface area contributed by atoms with E-state index in [2.05, 4.69) is 50.0 Å². The smallest absolute Gasteiger partial charge is 0.225 e. The van der Waals surface area contributed by atoms with Crippen LogP contribution in [0.3, 0.4) is 0 Å². The van der Waals surface area contributed by atoms with Crippen LogP contribution in [0.5, 0.6) is 11.5 Å². The first kappa shape index (κ1) is 22.8. The van der Waals surface area contributed by atoms with Crippen LogP contribution >= 0.6 is 0 Å². The van der Waals surface area contributed by atoms with E-state index in [0.29, 0.717) is 30.2 Å². The van der Waals surface area contributed by atoms with E-state index < -0.39 is 0 Å². The zero-order valence-corrected chi connectivity index (χ0v) is 18.3. The molecular weight excluding hydrogens is 364 g/mol. The van der Waals surface area contributed by atoms with Crippen molar-refractivity contribution in [2.24, 2.45) is 0 Å². The van der Waals surface area contributed by atoms with Crippen LogP contribution < -0.4 is 14.8 Å². The molecule has 0 unspecified atom stereocenters. The predicted octanol–water partition coefficient (Wildman–Crippen LogP) is 4.72. The van der Waals surface area contributed by atoms with Crippen molar-refractivity contribution in [3.05, 3.63) is 54.1 Å². The Hall–Kier alpha value is -2.53. The minimum absolute atomic E-state index is 0.0295. The van der Waals surface area contributed by atoms with E-state index in [1.54, 1.807) is 7.11 Å². The largest absolute Gasteiger partial charge is 0.493 e. The van der Waals surface area contributed by atoms with E-state index in [9.17, 15) is 4.79 Å². The van der Waals surface area contributed by atoms with Crippen molar-refractivity contribution in [3.63, 3.8) is 0 Å². The lowest BCUT2D eigenvalue weighted by Gasteiger charge is -2.24. The molecule has 2 aromatic rings. The highest BCUT2D eigenvalue weighted by molar-refractivity contribution is 5.92. The normalized spacial score (nSPS) is 11.4. The lowest BCUT2D eigenvalue weighted by atomic mass is 9.81. The van der Waals surface area contributed by atoms with Crippen LogP contribution in [0.4, 0.5) is 5.69 Å². The number of likely N-dealkylation sites (N-methyl/N-ethyl adjacent to an activating group) is 1. The monoisotopic (exact) mass is 398 g/mol. The molecule has 2 aromatic carbocycles. The molecule has 0 saturated heterocycles. The summed E-state index contributed by atoms with van der Waals surface area (Å²) in [6, 6.07) is 15.6. The predicted molar refractivity (Wildman–Crippen MR) is 119 cm³/mol. The Labute approximate surface area is 175 Å². The van der Waals surface area contributed by atoms with Gasteiger partial charge in [-0.15, -0.1) is 0 Å². The topological polar surface area (TPSA) is 50.8 Å². The third-order valence-corrected chi connectivity index (χ3v) is 5.16. The molecule has 0 bridgehead atoms. The number of amides is 1. The van der Waals surface area contributed by atoms with E-state index in [1.807, 2.05) is 36.4 Å². The first-order chi connectivity index (χ1) is 13.9. The van der Waals surface area contributed by atoms with Crippen LogP contribution in [-0.4, -0.2) is 44.2 Å². The van der Waals surface area contributed by atoms with Gasteiger partial charge >= 0.3 is 0 Å². The van der Waals surface area contributed by atoms with Crippen LogP contribution in [0, 0.1) is 0 Å². The number of rotatable bonds is 11. The second-order valence-electron chi connectivity index (χ2n) is 7.72. The molecular formula is C24H34N2O3. The van der Waals surface area contributed by atoms with Gasteiger partial charge in [0.25, 0.3) is 0 Å². The molecule has 5 nitrogen and oxygen atoms in total. The molecule has 0 aliphatic rings. The van der Waals surface area contributed by atoms with Crippen molar-refractivity contribution < 1.29 is 14.3 Å². The summed E-state index contributed by atoms with van der Waals surface area (Å²) in [5.41, 5.74) is 1.60. The maximum atomic E-state index is 12.7. The average molecular weight is 399 g/mol. The molecule has 0 saturated carbocycles. The maximum absolute atomic E-state index is 12.7. The highest BCUT2D eigenvalue weighted by Crippen LogP contribution is 2.31. The molecule has 0 aliphatic heterocycles. The van der Waals surface area contributed by atoms with Gasteiger partial charge in [-0.05, 0) is 36.2 Å². The number of nitrogens with zero attached hydrogens (tertiary/aromatic N) is 1. The summed E-state index contributed by atoms with van der Waals surface area (Å²) in [4.78, 5) is 15.0. The van der Waals surface area contributed by atoms with Gasteiger partial charge in [0, 0.05) is 24.7 Å². The first-order valence-corrected chi connectivity index (χ1v) is 10.3. The van der Waals surface area contributed by atoms with Gasteiger partial charge in [0.2, 0.25) is 5.91 Å². The summed E-state index contributed by atoms with van der Waals surface area (Å²) in [6.45, 7) is 11.8. The van der Waals surface area contributed by atoms with Crippen LogP contribution in [0.1, 0.15) is 39.7 Å². The van der Waals surface area contributed by atoms with Gasteiger partial charge in [-0.2, -0.15) is 0 Å². The van der Waals surface area contributed by atoms with Crippen LogP contribution in [-0.2, 0) is 10.2 Å². The summed E-state index contributed by atoms with van der Waals surface area (Å²) in [7, 11) is 1.62. The maximum Gasteiger partial charge on any atom is 0.225 e. The molecule has 2 rings (SSSR count). The molecule has 1 N–H and O–H groups in total. The minimum Gasteiger partial charge on any atom is -0.493 e. The molecule has 1 amide bonds. The molecule has 29 heavy (non-hydrogen) atoms. The number of nitrogens with one attached hydrogen (secondary N) is 1. The summed E-state index contributed by atoms with van der Waals surface area (Å²) in [5.74, 6) is 1.27. The van der Waals surface area contributed by atoms with E-state index in [4.69, 9.17) is 9.47 Å². The molecule has 0 aliphatic carbocycles. The number of hydrogen-bond donors (Lipinski definition) is 1. The molecule has 0 radical (unpaired) electrons. The molecule has 5 heteroatoms. The summed E-state index contributed by atoms with van der Waals surface area (Å²) >= 11 is 0. The Morgan fingerprint density at radius 1 is 1.03 bits per heavy atom. The van der Waals surface area contributed by atoms with E-state index in [0.717, 1.165) is 25.2 Å². The summed E-state index contributed by atoms with van der Waals surface area (Å²) < 4.78 is 11.3. The van der Waals surface area contributed by atoms with Crippen LogP contribution in [0.15, 0.2) is 48.5 Å². The van der Waals surface area contributed by atoms with Gasteiger partial charge in [0.05, 0.1) is 7.11 Å². The Morgan fingerprint density at radius 2 is 1.72 bits per heavy atom. The molecule has 0 spiro atoms. The fraction of sp³-hybridized carbons (Fsp3) is 0.458. The number of carbonyl (C=O) groups is 1. The van der Waals surface area contributed by atoms with Crippen molar-refractivity contribution >= 4 is 11.6 Å². The fourth-order valence-electron chi connectivity index (χ4n) is 3.29. The quantitative estimate of drug-likeness (QED) is 0.595. The molecule has 0 heterocycles. The van der Waals surface area contributed by atoms with Gasteiger partial charge in [-0.1, -0.05) is 58.0 Å². The lowest BCUT2D eigenvalue weighted by molar-refractivity contribution is -0.117. The highest BCUT2D eigenvalue weighted by atomic mass is 16.5. The van der Waals surface area contributed by atoms with Gasteiger partial charge in [0.1, 0.15) is 6.61 Å². The third kappa shape index (κ3) is 6.79. The zero-order valence-electron chi connectivity index (χ0n) is 18.3. The Morgan fingerprint density at radius 3 is 2.34 bits per heavy atom. The highest BCUT2D eigenvalue weighted by Gasteiger charge is 2.24. The van der Waals surface area contributed by atoms with Crippen molar-refractivity contribution in [1.82, 2.24) is 4.90 Å². The standard InChI is InChI=1S/C24H34N2O3/c1-6-26(7-2)15-16-29-22-17-20(13-14-21(22)28-5)25-23(27)18-24(3,4)19-11-9-8-10-12-19/h8-14,17H,6-7,15-16,18H2,1-5H3,(H,25,27). The minimum atomic E-state index is -0.249. The number of ether oxygens (including phenoxy) is 2. The number of anilines is 1. The first-order valence-electron chi connectivity index (χ1n) is 10.3. The third-order valence-electron chi connectivity index (χ3n) is 5.16. The van der Waals surface area contributed by atoms with Crippen molar-refractivity contribution in [2.45, 2.75) is 39.5 Å². The Bertz CT molecular complexity index is 771. The fourth-order valence-corrected chi connectivity index (χ4v) is 3.29. The van der Waals surface area contributed by atoms with Crippen molar-refractivity contribution in [2.75, 3.05) is 38.7 Å². The molecule has 0 aromatic heterocycles. The van der Waals surface area contributed by atoms with Crippen LogP contribution in [0.25, 0.3) is 0 Å². The van der Waals surface area contributed by atoms with Crippen molar-refractivity contribution in [3.8, 4) is 11.5 Å². The molecule has 0 fully saturated rings. The average Bonchev–Trinajstić information content (AvgIpc) is 2.71. The van der Waals surface area contributed by atoms with E-state index in [-0.39, 0.29) is 11.3 Å². The van der Waals surface area contributed by atoms with Crippen molar-refractivity contribution in [1.29, 1.82) is 0 Å². The Kier molecular flexibility index (Phi) is 8.52. The van der Waals surface area contributed by atoms with E-state index in [1.165, 1.54) is 0 Å². The zero-order chi connectivity index (χ0) is 21.3. The molecule has 158 valence electrons. The second-order valence-corrected chi connectivity index (χ2v) is 7.72. The number of benzene rings is 2. The van der Waals surface area contributed by atoms with Gasteiger partial charge in [0.15, 0.2) is 11.5 Å². The van der Waals surface area contributed by atoms with E-state index >= 15 is 0 Å². The lowest BCUT2D eigenvalue weighted by Crippen LogP contribution is -2.28. The van der Waals surface area contributed by atoms with Gasteiger partial charge in [-0.3, -0.25) is 4.79 Å². The summed E-state index contributed by atoms with van der Waals surface area (Å²) in [6.07, 6.45) is 0.390. The number of carbonyl (C=O) groups excluding carboxylic acids is 1.